The molecule has 22 heavy (non-hydrogen) atoms. The van der Waals surface area contributed by atoms with Crippen molar-refractivity contribution in [2.75, 3.05) is 6.54 Å². The van der Waals surface area contributed by atoms with E-state index in [1.54, 1.807) is 12.1 Å². The molecule has 1 fully saturated rings. The van der Waals surface area contributed by atoms with Gasteiger partial charge in [-0.1, -0.05) is 19.0 Å². The Balaban J connectivity index is 1.84. The summed E-state index contributed by atoms with van der Waals surface area (Å²) in [4.78, 5) is 18.4. The summed E-state index contributed by atoms with van der Waals surface area (Å²) in [6.45, 7) is 4.49. The van der Waals surface area contributed by atoms with Gasteiger partial charge < -0.3 is 9.42 Å². The molecule has 1 atom stereocenters. The van der Waals surface area contributed by atoms with Gasteiger partial charge in [-0.05, 0) is 37.1 Å². The average molecular weight is 303 g/mol. The number of rotatable bonds is 3. The van der Waals surface area contributed by atoms with Crippen molar-refractivity contribution in [3.05, 3.63) is 36.0 Å². The van der Waals surface area contributed by atoms with E-state index >= 15 is 0 Å². The molecule has 1 aromatic carbocycles. The third-order valence-corrected chi connectivity index (χ3v) is 3.86. The summed E-state index contributed by atoms with van der Waals surface area (Å²) in [7, 11) is 0. The highest BCUT2D eigenvalue weighted by Crippen LogP contribution is 2.33. The smallest absolute Gasteiger partial charge is 0.249 e. The minimum Gasteiger partial charge on any atom is -0.337 e. The van der Waals surface area contributed by atoms with Crippen molar-refractivity contribution in [3.63, 3.8) is 0 Å². The molecule has 2 heterocycles. The molecule has 0 radical (unpaired) electrons. The number of hydrogen-bond acceptors (Lipinski definition) is 4. The van der Waals surface area contributed by atoms with Crippen LogP contribution in [-0.2, 0) is 4.79 Å². The van der Waals surface area contributed by atoms with E-state index in [2.05, 4.69) is 10.1 Å². The van der Waals surface area contributed by atoms with Crippen molar-refractivity contribution in [3.8, 4) is 11.4 Å². The summed E-state index contributed by atoms with van der Waals surface area (Å²) >= 11 is 0. The van der Waals surface area contributed by atoms with Crippen LogP contribution in [0.3, 0.4) is 0 Å². The van der Waals surface area contributed by atoms with Crippen LogP contribution in [0, 0.1) is 11.7 Å². The van der Waals surface area contributed by atoms with Crippen LogP contribution in [0.5, 0.6) is 0 Å². The van der Waals surface area contributed by atoms with Gasteiger partial charge in [0.1, 0.15) is 11.9 Å². The van der Waals surface area contributed by atoms with E-state index in [0.29, 0.717) is 17.3 Å². The van der Waals surface area contributed by atoms with Crippen LogP contribution in [-0.4, -0.2) is 27.5 Å². The number of aromatic nitrogens is 2. The third kappa shape index (κ3) is 2.73. The lowest BCUT2D eigenvalue weighted by Crippen LogP contribution is -2.33. The summed E-state index contributed by atoms with van der Waals surface area (Å²) in [5, 5.41) is 3.95. The lowest BCUT2D eigenvalue weighted by Gasteiger charge is -2.23. The van der Waals surface area contributed by atoms with E-state index in [1.807, 2.05) is 18.7 Å². The molecular weight excluding hydrogens is 285 g/mol. The molecule has 3 rings (SSSR count). The lowest BCUT2D eigenvalue weighted by molar-refractivity contribution is -0.135. The van der Waals surface area contributed by atoms with Crippen molar-refractivity contribution < 1.29 is 13.7 Å². The van der Waals surface area contributed by atoms with Crippen LogP contribution in [0.2, 0.25) is 0 Å². The van der Waals surface area contributed by atoms with Gasteiger partial charge in [0, 0.05) is 18.0 Å². The predicted molar refractivity (Wildman–Crippen MR) is 78.2 cm³/mol. The first-order valence-electron chi connectivity index (χ1n) is 7.46. The van der Waals surface area contributed by atoms with Gasteiger partial charge in [-0.15, -0.1) is 0 Å². The van der Waals surface area contributed by atoms with Crippen LogP contribution in [0.15, 0.2) is 28.8 Å². The molecule has 0 spiro atoms. The first-order chi connectivity index (χ1) is 10.6. The van der Waals surface area contributed by atoms with Crippen LogP contribution < -0.4 is 0 Å². The minimum absolute atomic E-state index is 0.0555. The molecule has 0 bridgehead atoms. The second kappa shape index (κ2) is 5.87. The molecule has 1 saturated heterocycles. The van der Waals surface area contributed by atoms with Gasteiger partial charge in [-0.25, -0.2) is 4.39 Å². The fourth-order valence-electron chi connectivity index (χ4n) is 2.71. The fourth-order valence-corrected chi connectivity index (χ4v) is 2.71. The van der Waals surface area contributed by atoms with E-state index in [4.69, 9.17) is 4.52 Å². The normalized spacial score (nSPS) is 18.2. The van der Waals surface area contributed by atoms with Crippen molar-refractivity contribution in [2.24, 2.45) is 5.92 Å². The van der Waals surface area contributed by atoms with Gasteiger partial charge in [0.25, 0.3) is 0 Å². The van der Waals surface area contributed by atoms with E-state index < -0.39 is 0 Å². The zero-order chi connectivity index (χ0) is 15.7. The number of amides is 1. The van der Waals surface area contributed by atoms with Gasteiger partial charge in [0.2, 0.25) is 17.6 Å². The quantitative estimate of drug-likeness (QED) is 0.873. The number of halogens is 1. The topological polar surface area (TPSA) is 59.2 Å². The first kappa shape index (κ1) is 14.7. The second-order valence-electron chi connectivity index (χ2n) is 5.81. The summed E-state index contributed by atoms with van der Waals surface area (Å²) in [5.74, 6) is 0.603. The van der Waals surface area contributed by atoms with Gasteiger partial charge >= 0.3 is 0 Å². The van der Waals surface area contributed by atoms with Crippen molar-refractivity contribution >= 4 is 5.91 Å². The lowest BCUT2D eigenvalue weighted by atomic mass is 10.1. The maximum absolute atomic E-state index is 13.0. The van der Waals surface area contributed by atoms with E-state index in [0.717, 1.165) is 19.4 Å². The number of likely N-dealkylation sites (tertiary alicyclic amines) is 1. The molecule has 1 unspecified atom stereocenters. The van der Waals surface area contributed by atoms with Crippen molar-refractivity contribution in [1.29, 1.82) is 0 Å². The molecule has 6 heteroatoms. The molecule has 1 aromatic heterocycles. The Bertz CT molecular complexity index is 666. The van der Waals surface area contributed by atoms with Crippen LogP contribution >= 0.6 is 0 Å². The Hall–Kier alpha value is -2.24. The molecule has 1 amide bonds. The van der Waals surface area contributed by atoms with Gasteiger partial charge in [-0.2, -0.15) is 4.98 Å². The highest BCUT2D eigenvalue weighted by molar-refractivity contribution is 5.78. The summed E-state index contributed by atoms with van der Waals surface area (Å²) < 4.78 is 18.3. The van der Waals surface area contributed by atoms with Gasteiger partial charge in [0.05, 0.1) is 0 Å². The van der Waals surface area contributed by atoms with Crippen molar-refractivity contribution in [1.82, 2.24) is 15.0 Å². The maximum Gasteiger partial charge on any atom is 0.249 e. The summed E-state index contributed by atoms with van der Waals surface area (Å²) in [6.07, 6.45) is 1.75. The van der Waals surface area contributed by atoms with Crippen LogP contribution in [0.4, 0.5) is 4.39 Å². The van der Waals surface area contributed by atoms with E-state index in [9.17, 15) is 9.18 Å². The maximum atomic E-state index is 13.0. The van der Waals surface area contributed by atoms with Gasteiger partial charge in [0.15, 0.2) is 0 Å². The number of benzene rings is 1. The molecule has 0 saturated carbocycles. The predicted octanol–water partition coefficient (Wildman–Crippen LogP) is 3.20. The van der Waals surface area contributed by atoms with Gasteiger partial charge in [-0.3, -0.25) is 4.79 Å². The first-order valence-corrected chi connectivity index (χ1v) is 7.46. The molecule has 2 aromatic rings. The minimum atomic E-state index is -0.308. The number of nitrogens with zero attached hydrogens (tertiary/aromatic N) is 3. The Kier molecular flexibility index (Phi) is 3.92. The molecule has 1 aliphatic rings. The standard InChI is InChI=1S/C16H18FN3O2/c1-10(2)16(21)20-9-3-4-13(20)15-18-14(19-22-15)11-5-7-12(17)8-6-11/h5-8,10,13H,3-4,9H2,1-2H3. The Morgan fingerprint density at radius 2 is 2.09 bits per heavy atom. The zero-order valence-corrected chi connectivity index (χ0v) is 12.6. The Labute approximate surface area is 128 Å². The molecule has 0 N–H and O–H groups in total. The van der Waals surface area contributed by atoms with Crippen LogP contribution in [0.1, 0.15) is 38.6 Å². The molecular formula is C16H18FN3O2. The highest BCUT2D eigenvalue weighted by Gasteiger charge is 2.34. The molecule has 1 aliphatic heterocycles. The summed E-state index contributed by atoms with van der Waals surface area (Å²) in [6, 6.07) is 5.77. The zero-order valence-electron chi connectivity index (χ0n) is 12.6. The highest BCUT2D eigenvalue weighted by atomic mass is 19.1. The van der Waals surface area contributed by atoms with Crippen LogP contribution in [0.25, 0.3) is 11.4 Å². The largest absolute Gasteiger partial charge is 0.337 e. The third-order valence-electron chi connectivity index (χ3n) is 3.86. The SMILES string of the molecule is CC(C)C(=O)N1CCCC1c1nc(-c2ccc(F)cc2)no1. The number of carbonyl (C=O) groups is 1. The summed E-state index contributed by atoms with van der Waals surface area (Å²) in [5.41, 5.74) is 0.691. The van der Waals surface area contributed by atoms with E-state index in [1.165, 1.54) is 12.1 Å². The number of carbonyl (C=O) groups excluding carboxylic acids is 1. The average Bonchev–Trinajstić information content (AvgIpc) is 3.15. The monoisotopic (exact) mass is 303 g/mol. The van der Waals surface area contributed by atoms with E-state index in [-0.39, 0.29) is 23.7 Å². The van der Waals surface area contributed by atoms with Crippen molar-refractivity contribution in [2.45, 2.75) is 32.7 Å². The molecule has 116 valence electrons. The Morgan fingerprint density at radius 1 is 1.36 bits per heavy atom. The number of hydrogen-bond donors (Lipinski definition) is 0. The molecule has 5 nitrogen and oxygen atoms in total. The molecule has 0 aliphatic carbocycles. The Morgan fingerprint density at radius 3 is 2.77 bits per heavy atom. The fraction of sp³-hybridized carbons (Fsp3) is 0.438. The second-order valence-corrected chi connectivity index (χ2v) is 5.81.